The summed E-state index contributed by atoms with van der Waals surface area (Å²) in [4.78, 5) is 0. The molecule has 0 atom stereocenters. The van der Waals surface area contributed by atoms with E-state index in [1.165, 1.54) is 0 Å². The SMILES string of the molecule is COc1ccc(-n2cc(OCCO)cn2)cc1. The van der Waals surface area contributed by atoms with Crippen molar-refractivity contribution in [2.45, 2.75) is 0 Å². The van der Waals surface area contributed by atoms with E-state index in [1.807, 2.05) is 24.3 Å². The Morgan fingerprint density at radius 3 is 2.65 bits per heavy atom. The van der Waals surface area contributed by atoms with E-state index in [-0.39, 0.29) is 13.2 Å². The van der Waals surface area contributed by atoms with Crippen molar-refractivity contribution < 1.29 is 14.6 Å². The molecule has 0 amide bonds. The van der Waals surface area contributed by atoms with E-state index in [0.29, 0.717) is 5.75 Å². The lowest BCUT2D eigenvalue weighted by Crippen LogP contribution is -2.00. The molecule has 0 fully saturated rings. The van der Waals surface area contributed by atoms with Gasteiger partial charge in [-0.2, -0.15) is 5.10 Å². The number of nitrogens with zero attached hydrogens (tertiary/aromatic N) is 2. The molecule has 0 saturated heterocycles. The minimum absolute atomic E-state index is 0.00623. The van der Waals surface area contributed by atoms with Crippen molar-refractivity contribution in [2.24, 2.45) is 0 Å². The summed E-state index contributed by atoms with van der Waals surface area (Å²) in [5, 5.41) is 12.8. The zero-order chi connectivity index (χ0) is 12.1. The maximum atomic E-state index is 8.64. The molecule has 1 aromatic heterocycles. The van der Waals surface area contributed by atoms with Crippen molar-refractivity contribution in [1.82, 2.24) is 9.78 Å². The van der Waals surface area contributed by atoms with Crippen LogP contribution >= 0.6 is 0 Å². The number of aliphatic hydroxyl groups excluding tert-OH is 1. The van der Waals surface area contributed by atoms with Gasteiger partial charge in [0.25, 0.3) is 0 Å². The van der Waals surface area contributed by atoms with Gasteiger partial charge in [0.1, 0.15) is 12.4 Å². The van der Waals surface area contributed by atoms with Crippen molar-refractivity contribution in [3.63, 3.8) is 0 Å². The van der Waals surface area contributed by atoms with Crippen LogP contribution in [0.5, 0.6) is 11.5 Å². The van der Waals surface area contributed by atoms with Crippen LogP contribution in [0.25, 0.3) is 5.69 Å². The van der Waals surface area contributed by atoms with Gasteiger partial charge in [-0.05, 0) is 24.3 Å². The Labute approximate surface area is 99.2 Å². The van der Waals surface area contributed by atoms with Crippen LogP contribution in [0.1, 0.15) is 0 Å². The van der Waals surface area contributed by atoms with Crippen LogP contribution in [0, 0.1) is 0 Å². The summed E-state index contributed by atoms with van der Waals surface area (Å²) in [7, 11) is 1.63. The molecule has 1 heterocycles. The third-order valence-corrected chi connectivity index (χ3v) is 2.26. The van der Waals surface area contributed by atoms with Gasteiger partial charge in [0, 0.05) is 0 Å². The highest BCUT2D eigenvalue weighted by Gasteiger charge is 2.01. The second-order valence-corrected chi connectivity index (χ2v) is 3.39. The molecule has 0 aliphatic heterocycles. The second-order valence-electron chi connectivity index (χ2n) is 3.39. The molecular formula is C12H14N2O3. The van der Waals surface area contributed by atoms with Crippen LogP contribution in [0.2, 0.25) is 0 Å². The molecule has 5 heteroatoms. The monoisotopic (exact) mass is 234 g/mol. The summed E-state index contributed by atoms with van der Waals surface area (Å²) >= 11 is 0. The minimum Gasteiger partial charge on any atom is -0.497 e. The molecule has 0 aliphatic carbocycles. The molecule has 0 saturated carbocycles. The average Bonchev–Trinajstić information content (AvgIpc) is 2.85. The first-order valence-electron chi connectivity index (χ1n) is 5.26. The molecule has 17 heavy (non-hydrogen) atoms. The average molecular weight is 234 g/mol. The Balaban J connectivity index is 2.12. The third kappa shape index (κ3) is 2.76. The van der Waals surface area contributed by atoms with Crippen LogP contribution in [-0.2, 0) is 0 Å². The molecule has 2 rings (SSSR count). The fourth-order valence-corrected chi connectivity index (χ4v) is 1.42. The number of hydrogen-bond acceptors (Lipinski definition) is 4. The van der Waals surface area contributed by atoms with E-state index in [2.05, 4.69) is 5.10 Å². The van der Waals surface area contributed by atoms with E-state index < -0.39 is 0 Å². The maximum Gasteiger partial charge on any atom is 0.157 e. The van der Waals surface area contributed by atoms with E-state index in [0.717, 1.165) is 11.4 Å². The fraction of sp³-hybridized carbons (Fsp3) is 0.250. The van der Waals surface area contributed by atoms with Gasteiger partial charge in [-0.3, -0.25) is 0 Å². The van der Waals surface area contributed by atoms with Gasteiger partial charge in [0.15, 0.2) is 5.75 Å². The van der Waals surface area contributed by atoms with Crippen molar-refractivity contribution in [3.8, 4) is 17.2 Å². The maximum absolute atomic E-state index is 8.64. The van der Waals surface area contributed by atoms with Gasteiger partial charge >= 0.3 is 0 Å². The molecule has 90 valence electrons. The highest BCUT2D eigenvalue weighted by atomic mass is 16.5. The molecule has 1 N–H and O–H groups in total. The minimum atomic E-state index is -0.00623. The summed E-state index contributed by atoms with van der Waals surface area (Å²) in [6.45, 7) is 0.266. The summed E-state index contributed by atoms with van der Waals surface area (Å²) in [5.41, 5.74) is 0.921. The summed E-state index contributed by atoms with van der Waals surface area (Å²) in [6, 6.07) is 7.54. The molecule has 0 bridgehead atoms. The number of methoxy groups -OCH3 is 1. The Bertz CT molecular complexity index is 465. The first-order chi connectivity index (χ1) is 8.33. The van der Waals surface area contributed by atoms with Crippen molar-refractivity contribution in [1.29, 1.82) is 0 Å². The molecule has 5 nitrogen and oxygen atoms in total. The number of aromatic nitrogens is 2. The fourth-order valence-electron chi connectivity index (χ4n) is 1.42. The lowest BCUT2D eigenvalue weighted by Gasteiger charge is -2.03. The third-order valence-electron chi connectivity index (χ3n) is 2.26. The van der Waals surface area contributed by atoms with Crippen molar-refractivity contribution in [2.75, 3.05) is 20.3 Å². The van der Waals surface area contributed by atoms with Gasteiger partial charge in [-0.25, -0.2) is 4.68 Å². The molecule has 0 aliphatic rings. The first kappa shape index (κ1) is 11.5. The highest BCUT2D eigenvalue weighted by Crippen LogP contribution is 2.16. The van der Waals surface area contributed by atoms with Gasteiger partial charge in [-0.15, -0.1) is 0 Å². The number of rotatable bonds is 5. The zero-order valence-electron chi connectivity index (χ0n) is 9.54. The number of ether oxygens (including phenoxy) is 2. The van der Waals surface area contributed by atoms with Gasteiger partial charge in [-0.1, -0.05) is 0 Å². The lowest BCUT2D eigenvalue weighted by molar-refractivity contribution is 0.201. The quantitative estimate of drug-likeness (QED) is 0.846. The summed E-state index contributed by atoms with van der Waals surface area (Å²) in [5.74, 6) is 1.44. The summed E-state index contributed by atoms with van der Waals surface area (Å²) < 4.78 is 12.0. The highest BCUT2D eigenvalue weighted by molar-refractivity contribution is 5.37. The topological polar surface area (TPSA) is 56.5 Å². The van der Waals surface area contributed by atoms with Gasteiger partial charge in [0.05, 0.1) is 31.8 Å². The standard InChI is InChI=1S/C12H14N2O3/c1-16-11-4-2-10(3-5-11)14-9-12(8-13-14)17-7-6-15/h2-5,8-9,15H,6-7H2,1H3. The Hall–Kier alpha value is -2.01. The van der Waals surface area contributed by atoms with E-state index >= 15 is 0 Å². The molecule has 2 aromatic rings. The van der Waals surface area contributed by atoms with E-state index in [4.69, 9.17) is 14.6 Å². The van der Waals surface area contributed by atoms with Crippen molar-refractivity contribution >= 4 is 0 Å². The Morgan fingerprint density at radius 1 is 1.24 bits per heavy atom. The predicted molar refractivity (Wildman–Crippen MR) is 62.7 cm³/mol. The van der Waals surface area contributed by atoms with E-state index in [9.17, 15) is 0 Å². The Kier molecular flexibility index (Phi) is 3.62. The predicted octanol–water partition coefficient (Wildman–Crippen LogP) is 1.25. The first-order valence-corrected chi connectivity index (χ1v) is 5.26. The number of benzene rings is 1. The van der Waals surface area contributed by atoms with Gasteiger partial charge in [0.2, 0.25) is 0 Å². The van der Waals surface area contributed by atoms with E-state index in [1.54, 1.807) is 24.2 Å². The molecule has 0 spiro atoms. The number of hydrogen-bond donors (Lipinski definition) is 1. The van der Waals surface area contributed by atoms with Crippen LogP contribution in [-0.4, -0.2) is 35.2 Å². The number of aliphatic hydroxyl groups is 1. The second kappa shape index (κ2) is 5.36. The van der Waals surface area contributed by atoms with Gasteiger partial charge < -0.3 is 14.6 Å². The molecule has 1 aromatic carbocycles. The zero-order valence-corrected chi connectivity index (χ0v) is 9.54. The van der Waals surface area contributed by atoms with Crippen LogP contribution in [0.4, 0.5) is 0 Å². The van der Waals surface area contributed by atoms with Crippen LogP contribution < -0.4 is 9.47 Å². The largest absolute Gasteiger partial charge is 0.497 e. The van der Waals surface area contributed by atoms with Crippen LogP contribution in [0.3, 0.4) is 0 Å². The molecule has 0 radical (unpaired) electrons. The Morgan fingerprint density at radius 2 is 2.00 bits per heavy atom. The summed E-state index contributed by atoms with van der Waals surface area (Å²) in [6.07, 6.45) is 3.37. The molecule has 0 unspecified atom stereocenters. The smallest absolute Gasteiger partial charge is 0.157 e. The van der Waals surface area contributed by atoms with Crippen molar-refractivity contribution in [3.05, 3.63) is 36.7 Å². The van der Waals surface area contributed by atoms with Crippen LogP contribution in [0.15, 0.2) is 36.7 Å². The molecular weight excluding hydrogens is 220 g/mol. The lowest BCUT2D eigenvalue weighted by atomic mass is 10.3. The normalized spacial score (nSPS) is 10.2.